The Kier molecular flexibility index (Phi) is 2.94. The molecular formula is C14H13N3O2S. The van der Waals surface area contributed by atoms with Crippen molar-refractivity contribution in [2.45, 2.75) is 6.92 Å². The number of hydrogen-bond donors (Lipinski definition) is 3. The van der Waals surface area contributed by atoms with Gasteiger partial charge in [0.05, 0.1) is 12.1 Å². The molecule has 1 aliphatic heterocycles. The van der Waals surface area contributed by atoms with Crippen LogP contribution in [0.15, 0.2) is 35.4 Å². The zero-order valence-electron chi connectivity index (χ0n) is 10.8. The quantitative estimate of drug-likeness (QED) is 0.793. The molecule has 2 aromatic rings. The number of anilines is 1. The number of nitrogens with one attached hydrogen (secondary N) is 1. The van der Waals surface area contributed by atoms with Gasteiger partial charge in [0.2, 0.25) is 0 Å². The van der Waals surface area contributed by atoms with E-state index in [1.165, 1.54) is 11.3 Å². The van der Waals surface area contributed by atoms with E-state index in [1.54, 1.807) is 29.2 Å². The summed E-state index contributed by atoms with van der Waals surface area (Å²) in [6, 6.07) is 6.55. The molecule has 6 heteroatoms. The highest BCUT2D eigenvalue weighted by Gasteiger charge is 2.30. The van der Waals surface area contributed by atoms with Gasteiger partial charge in [0.15, 0.2) is 0 Å². The molecule has 2 heterocycles. The van der Waals surface area contributed by atoms with E-state index < -0.39 is 0 Å². The van der Waals surface area contributed by atoms with Gasteiger partial charge in [-0.2, -0.15) is 0 Å². The molecule has 0 bridgehead atoms. The molecule has 0 saturated carbocycles. The summed E-state index contributed by atoms with van der Waals surface area (Å²) in [5.41, 5.74) is 2.11. The van der Waals surface area contributed by atoms with Crippen LogP contribution >= 0.6 is 11.3 Å². The number of phenolic OH excluding ortho intramolecular Hbond substituents is 1. The Morgan fingerprint density at radius 3 is 2.55 bits per heavy atom. The Hall–Kier alpha value is -2.34. The first-order chi connectivity index (χ1) is 9.56. The lowest BCUT2D eigenvalue weighted by molar-refractivity contribution is 0.411. The van der Waals surface area contributed by atoms with Crippen LogP contribution in [0.3, 0.4) is 0 Å². The van der Waals surface area contributed by atoms with E-state index >= 15 is 0 Å². The van der Waals surface area contributed by atoms with Crippen LogP contribution in [0.5, 0.6) is 5.75 Å². The average Bonchev–Trinajstić information content (AvgIpc) is 2.95. The maximum absolute atomic E-state index is 10.1. The maximum Gasteiger partial charge on any atom is 0.139 e. The third-order valence-corrected chi connectivity index (χ3v) is 4.08. The first kappa shape index (κ1) is 12.7. The van der Waals surface area contributed by atoms with Crippen LogP contribution in [0.1, 0.15) is 10.7 Å². The molecule has 0 fully saturated rings. The number of nitrogens with zero attached hydrogens (tertiary/aromatic N) is 2. The number of aliphatic hydroxyl groups excluding tert-OH is 1. The molecule has 0 saturated heterocycles. The highest BCUT2D eigenvalue weighted by atomic mass is 32.1. The van der Waals surface area contributed by atoms with E-state index in [9.17, 15) is 10.2 Å². The summed E-state index contributed by atoms with van der Waals surface area (Å²) in [4.78, 5) is 6.01. The zero-order chi connectivity index (χ0) is 14.3. The number of aliphatic hydroxyl groups is 1. The van der Waals surface area contributed by atoms with Crippen LogP contribution in [-0.2, 0) is 0 Å². The maximum atomic E-state index is 10.1. The van der Waals surface area contributed by atoms with Gasteiger partial charge in [-0.15, -0.1) is 11.3 Å². The summed E-state index contributed by atoms with van der Waals surface area (Å²) in [5.74, 6) is 0.549. The second kappa shape index (κ2) is 4.64. The molecule has 0 unspecified atom stereocenters. The number of amidine groups is 1. The minimum Gasteiger partial charge on any atom is -0.510 e. The number of aryl methyl sites for hydroxylation is 1. The van der Waals surface area contributed by atoms with Gasteiger partial charge in [-0.05, 0) is 31.2 Å². The summed E-state index contributed by atoms with van der Waals surface area (Å²) in [6.45, 7) is 2.13. The van der Waals surface area contributed by atoms with Crippen LogP contribution in [-0.4, -0.2) is 27.6 Å². The lowest BCUT2D eigenvalue weighted by Crippen LogP contribution is -2.25. The topological polar surface area (TPSA) is 80.4 Å². The van der Waals surface area contributed by atoms with Crippen LogP contribution < -0.4 is 4.90 Å². The van der Waals surface area contributed by atoms with Crippen molar-refractivity contribution >= 4 is 28.4 Å². The minimum atomic E-state index is 0.150. The molecule has 0 amide bonds. The molecule has 20 heavy (non-hydrogen) atoms. The van der Waals surface area contributed by atoms with Crippen molar-refractivity contribution in [3.63, 3.8) is 0 Å². The molecule has 1 aromatic carbocycles. The van der Waals surface area contributed by atoms with Gasteiger partial charge in [-0.1, -0.05) is 0 Å². The molecule has 0 spiro atoms. The fourth-order valence-corrected chi connectivity index (χ4v) is 2.99. The number of aromatic nitrogens is 1. The summed E-state index contributed by atoms with van der Waals surface area (Å²) < 4.78 is 0. The normalized spacial score (nSPS) is 15.2. The molecule has 3 rings (SSSR count). The van der Waals surface area contributed by atoms with Crippen molar-refractivity contribution in [2.24, 2.45) is 0 Å². The Balaban J connectivity index is 1.94. The number of rotatable bonds is 2. The first-order valence-corrected chi connectivity index (χ1v) is 6.94. The smallest absolute Gasteiger partial charge is 0.139 e. The lowest BCUT2D eigenvalue weighted by atomic mass is 10.2. The van der Waals surface area contributed by atoms with Crippen molar-refractivity contribution in [1.82, 2.24) is 4.98 Å². The van der Waals surface area contributed by atoms with E-state index in [2.05, 4.69) is 4.98 Å². The molecule has 102 valence electrons. The van der Waals surface area contributed by atoms with Crippen molar-refractivity contribution in [1.29, 1.82) is 5.41 Å². The Morgan fingerprint density at radius 1 is 1.25 bits per heavy atom. The van der Waals surface area contributed by atoms with Crippen molar-refractivity contribution in [3.8, 4) is 5.75 Å². The van der Waals surface area contributed by atoms with Gasteiger partial charge in [-0.25, -0.2) is 4.98 Å². The number of phenols is 1. The number of thiazole rings is 1. The van der Waals surface area contributed by atoms with E-state index in [1.807, 2.05) is 12.3 Å². The second-order valence-electron chi connectivity index (χ2n) is 4.57. The molecular weight excluding hydrogens is 274 g/mol. The van der Waals surface area contributed by atoms with Crippen molar-refractivity contribution in [3.05, 3.63) is 46.1 Å². The van der Waals surface area contributed by atoms with Gasteiger partial charge >= 0.3 is 0 Å². The number of hydrogen-bond acceptors (Lipinski definition) is 5. The van der Waals surface area contributed by atoms with Crippen LogP contribution in [0.4, 0.5) is 5.69 Å². The third-order valence-electron chi connectivity index (χ3n) is 3.10. The molecule has 0 radical (unpaired) electrons. The van der Waals surface area contributed by atoms with Gasteiger partial charge < -0.3 is 15.1 Å². The molecule has 0 atom stereocenters. The fourth-order valence-electron chi connectivity index (χ4n) is 2.13. The van der Waals surface area contributed by atoms with Crippen molar-refractivity contribution < 1.29 is 10.2 Å². The number of benzene rings is 1. The van der Waals surface area contributed by atoms with Gasteiger partial charge in [-0.3, -0.25) is 5.41 Å². The van der Waals surface area contributed by atoms with Crippen LogP contribution in [0.25, 0.3) is 5.57 Å². The Labute approximate surface area is 120 Å². The molecule has 3 N–H and O–H groups in total. The summed E-state index contributed by atoms with van der Waals surface area (Å²) >= 11 is 1.42. The molecule has 5 nitrogen and oxygen atoms in total. The summed E-state index contributed by atoms with van der Waals surface area (Å²) in [6.07, 6.45) is 0. The largest absolute Gasteiger partial charge is 0.510 e. The van der Waals surface area contributed by atoms with Crippen molar-refractivity contribution in [2.75, 3.05) is 11.4 Å². The van der Waals surface area contributed by atoms with E-state index in [0.29, 0.717) is 10.6 Å². The summed E-state index contributed by atoms with van der Waals surface area (Å²) in [7, 11) is 0. The molecule has 1 aliphatic rings. The highest BCUT2D eigenvalue weighted by Crippen LogP contribution is 2.32. The first-order valence-electron chi connectivity index (χ1n) is 6.06. The minimum absolute atomic E-state index is 0.150. The van der Waals surface area contributed by atoms with E-state index in [-0.39, 0.29) is 23.9 Å². The SMILES string of the molecule is Cc1csc(C2=C(O)CN(c3ccc(O)cc3)C2=N)n1. The summed E-state index contributed by atoms with van der Waals surface area (Å²) in [5, 5.41) is 30.2. The van der Waals surface area contributed by atoms with E-state index in [4.69, 9.17) is 5.41 Å². The molecule has 0 aliphatic carbocycles. The van der Waals surface area contributed by atoms with E-state index in [0.717, 1.165) is 11.4 Å². The van der Waals surface area contributed by atoms with Crippen LogP contribution in [0, 0.1) is 12.3 Å². The molecule has 1 aromatic heterocycles. The Morgan fingerprint density at radius 2 is 1.95 bits per heavy atom. The standard InChI is InChI=1S/C14H13N3O2S/c1-8-7-20-14(16-8)12-11(19)6-17(13(12)15)9-2-4-10(18)5-3-9/h2-5,7,15,18-19H,6H2,1H3. The zero-order valence-corrected chi connectivity index (χ0v) is 11.6. The number of aromatic hydroxyl groups is 1. The van der Waals surface area contributed by atoms with Gasteiger partial charge in [0.25, 0.3) is 0 Å². The second-order valence-corrected chi connectivity index (χ2v) is 5.42. The lowest BCUT2D eigenvalue weighted by Gasteiger charge is -2.18. The average molecular weight is 287 g/mol. The predicted octanol–water partition coefficient (Wildman–Crippen LogP) is 2.92. The van der Waals surface area contributed by atoms with Gasteiger partial charge in [0, 0.05) is 16.8 Å². The highest BCUT2D eigenvalue weighted by molar-refractivity contribution is 7.11. The van der Waals surface area contributed by atoms with Gasteiger partial charge in [0.1, 0.15) is 22.4 Å². The third kappa shape index (κ3) is 2.04. The Bertz CT molecular complexity index is 703. The predicted molar refractivity (Wildman–Crippen MR) is 79.6 cm³/mol. The fraction of sp³-hybridized carbons (Fsp3) is 0.143. The van der Waals surface area contributed by atoms with Crippen LogP contribution in [0.2, 0.25) is 0 Å². The monoisotopic (exact) mass is 287 g/mol.